The van der Waals surface area contributed by atoms with Crippen LogP contribution in [0.15, 0.2) is 54.6 Å². The first-order valence-corrected chi connectivity index (χ1v) is 10.1. The van der Waals surface area contributed by atoms with Crippen LogP contribution in [-0.4, -0.2) is 31.1 Å². The molecule has 0 spiro atoms. The zero-order valence-corrected chi connectivity index (χ0v) is 16.0. The second-order valence-corrected chi connectivity index (χ2v) is 8.01. The molecule has 0 bridgehead atoms. The molecule has 1 fully saturated rings. The van der Waals surface area contributed by atoms with Gasteiger partial charge in [-0.15, -0.1) is 0 Å². The van der Waals surface area contributed by atoms with Gasteiger partial charge < -0.3 is 5.32 Å². The van der Waals surface area contributed by atoms with Crippen molar-refractivity contribution in [2.24, 2.45) is 5.92 Å². The Kier molecular flexibility index (Phi) is 5.23. The molecule has 1 heterocycles. The predicted molar refractivity (Wildman–Crippen MR) is 113 cm³/mol. The van der Waals surface area contributed by atoms with Gasteiger partial charge in [0.05, 0.1) is 0 Å². The van der Waals surface area contributed by atoms with E-state index >= 15 is 0 Å². The summed E-state index contributed by atoms with van der Waals surface area (Å²) >= 11 is 0. The van der Waals surface area contributed by atoms with Gasteiger partial charge in [0.25, 0.3) is 0 Å². The highest BCUT2D eigenvalue weighted by Gasteiger charge is 2.24. The lowest BCUT2D eigenvalue weighted by atomic mass is 9.89. The Morgan fingerprint density at radius 3 is 2.23 bits per heavy atom. The topological polar surface area (TPSA) is 15.3 Å². The van der Waals surface area contributed by atoms with E-state index in [1.165, 1.54) is 39.9 Å². The van der Waals surface area contributed by atoms with E-state index in [1.807, 2.05) is 0 Å². The van der Waals surface area contributed by atoms with Crippen LogP contribution in [0.25, 0.3) is 21.5 Å². The van der Waals surface area contributed by atoms with Crippen LogP contribution >= 0.6 is 0 Å². The standard InChI is InChI=1S/C24H30N2/c1-18(2)11-12-24(26-15-13-25-14-16-26)23-17-19-7-3-4-8-20(19)21-9-5-6-10-22(21)23/h3-10,17-18,24-25H,11-16H2,1-2H3/t24-/m0/s1. The van der Waals surface area contributed by atoms with E-state index in [9.17, 15) is 0 Å². The quantitative estimate of drug-likeness (QED) is 0.624. The maximum Gasteiger partial charge on any atom is 0.0355 e. The zero-order valence-electron chi connectivity index (χ0n) is 16.0. The SMILES string of the molecule is CC(C)CC[C@@H](c1cc2ccccc2c2ccccc12)N1CCNCC1. The highest BCUT2D eigenvalue weighted by Crippen LogP contribution is 2.37. The van der Waals surface area contributed by atoms with Crippen molar-refractivity contribution in [3.05, 3.63) is 60.2 Å². The van der Waals surface area contributed by atoms with Crippen molar-refractivity contribution in [2.75, 3.05) is 26.2 Å². The molecule has 2 heteroatoms. The summed E-state index contributed by atoms with van der Waals surface area (Å²) in [7, 11) is 0. The molecule has 136 valence electrons. The molecule has 1 aliphatic rings. The highest BCUT2D eigenvalue weighted by atomic mass is 15.2. The molecular weight excluding hydrogens is 316 g/mol. The zero-order chi connectivity index (χ0) is 17.9. The molecule has 0 aliphatic carbocycles. The number of fused-ring (bicyclic) bond motifs is 3. The monoisotopic (exact) mass is 346 g/mol. The minimum atomic E-state index is 0.508. The van der Waals surface area contributed by atoms with E-state index < -0.39 is 0 Å². The molecule has 3 aromatic rings. The van der Waals surface area contributed by atoms with Crippen LogP contribution in [0.4, 0.5) is 0 Å². The van der Waals surface area contributed by atoms with Crippen LogP contribution in [-0.2, 0) is 0 Å². The van der Waals surface area contributed by atoms with Gasteiger partial charge in [0.1, 0.15) is 0 Å². The Balaban J connectivity index is 1.86. The van der Waals surface area contributed by atoms with Gasteiger partial charge in [0, 0.05) is 32.2 Å². The van der Waals surface area contributed by atoms with Gasteiger partial charge in [-0.05, 0) is 51.9 Å². The first-order chi connectivity index (χ1) is 12.7. The number of hydrogen-bond acceptors (Lipinski definition) is 2. The van der Waals surface area contributed by atoms with Crippen LogP contribution in [0.5, 0.6) is 0 Å². The van der Waals surface area contributed by atoms with Crippen molar-refractivity contribution in [1.29, 1.82) is 0 Å². The molecule has 4 rings (SSSR count). The van der Waals surface area contributed by atoms with Crippen molar-refractivity contribution in [2.45, 2.75) is 32.7 Å². The highest BCUT2D eigenvalue weighted by molar-refractivity contribution is 6.09. The molecule has 2 nitrogen and oxygen atoms in total. The van der Waals surface area contributed by atoms with Gasteiger partial charge in [0.2, 0.25) is 0 Å². The van der Waals surface area contributed by atoms with Gasteiger partial charge in [-0.3, -0.25) is 4.90 Å². The van der Waals surface area contributed by atoms with E-state index in [1.54, 1.807) is 0 Å². The summed E-state index contributed by atoms with van der Waals surface area (Å²) < 4.78 is 0. The van der Waals surface area contributed by atoms with Gasteiger partial charge in [-0.25, -0.2) is 0 Å². The number of rotatable bonds is 5. The summed E-state index contributed by atoms with van der Waals surface area (Å²) in [6, 6.07) is 20.8. The lowest BCUT2D eigenvalue weighted by Gasteiger charge is -2.36. The number of hydrogen-bond donors (Lipinski definition) is 1. The molecular formula is C24H30N2. The first-order valence-electron chi connectivity index (χ1n) is 10.1. The lowest BCUT2D eigenvalue weighted by Crippen LogP contribution is -2.45. The Morgan fingerprint density at radius 2 is 1.50 bits per heavy atom. The van der Waals surface area contributed by atoms with Gasteiger partial charge in [-0.2, -0.15) is 0 Å². The maximum atomic E-state index is 3.51. The van der Waals surface area contributed by atoms with Crippen LogP contribution in [0, 0.1) is 5.92 Å². The molecule has 1 atom stereocenters. The lowest BCUT2D eigenvalue weighted by molar-refractivity contribution is 0.161. The number of nitrogens with zero attached hydrogens (tertiary/aromatic N) is 1. The largest absolute Gasteiger partial charge is 0.314 e. The number of benzene rings is 3. The van der Waals surface area contributed by atoms with E-state index in [-0.39, 0.29) is 0 Å². The summed E-state index contributed by atoms with van der Waals surface area (Å²) in [4.78, 5) is 2.70. The van der Waals surface area contributed by atoms with E-state index in [2.05, 4.69) is 78.7 Å². The molecule has 0 saturated carbocycles. The smallest absolute Gasteiger partial charge is 0.0355 e. The minimum absolute atomic E-state index is 0.508. The van der Waals surface area contributed by atoms with E-state index in [0.29, 0.717) is 6.04 Å². The van der Waals surface area contributed by atoms with Crippen LogP contribution in [0.2, 0.25) is 0 Å². The molecule has 1 N–H and O–H groups in total. The van der Waals surface area contributed by atoms with Gasteiger partial charge >= 0.3 is 0 Å². The fraction of sp³-hybridized carbons (Fsp3) is 0.417. The second kappa shape index (κ2) is 7.77. The third-order valence-electron chi connectivity index (χ3n) is 5.77. The van der Waals surface area contributed by atoms with Crippen molar-refractivity contribution in [1.82, 2.24) is 10.2 Å². The number of nitrogens with one attached hydrogen (secondary N) is 1. The predicted octanol–water partition coefficient (Wildman–Crippen LogP) is 5.38. The van der Waals surface area contributed by atoms with Crippen molar-refractivity contribution < 1.29 is 0 Å². The molecule has 3 aromatic carbocycles. The van der Waals surface area contributed by atoms with Crippen LogP contribution < -0.4 is 5.32 Å². The summed E-state index contributed by atoms with van der Waals surface area (Å²) in [6.07, 6.45) is 2.51. The Morgan fingerprint density at radius 1 is 0.846 bits per heavy atom. The molecule has 1 saturated heterocycles. The van der Waals surface area contributed by atoms with Gasteiger partial charge in [0.15, 0.2) is 0 Å². The third kappa shape index (κ3) is 3.49. The average molecular weight is 347 g/mol. The Labute approximate surface area is 157 Å². The van der Waals surface area contributed by atoms with Crippen molar-refractivity contribution in [3.63, 3.8) is 0 Å². The first kappa shape index (κ1) is 17.5. The number of piperazine rings is 1. The fourth-order valence-corrected chi connectivity index (χ4v) is 4.38. The van der Waals surface area contributed by atoms with Crippen molar-refractivity contribution in [3.8, 4) is 0 Å². The van der Waals surface area contributed by atoms with Crippen molar-refractivity contribution >= 4 is 21.5 Å². The molecule has 26 heavy (non-hydrogen) atoms. The normalized spacial score (nSPS) is 17.2. The summed E-state index contributed by atoms with van der Waals surface area (Å²) in [5.41, 5.74) is 1.52. The molecule has 0 amide bonds. The average Bonchev–Trinajstić information content (AvgIpc) is 2.69. The molecule has 1 aliphatic heterocycles. The second-order valence-electron chi connectivity index (χ2n) is 8.01. The maximum absolute atomic E-state index is 3.51. The van der Waals surface area contributed by atoms with Crippen LogP contribution in [0.1, 0.15) is 38.3 Å². The summed E-state index contributed by atoms with van der Waals surface area (Å²) in [5.74, 6) is 0.743. The minimum Gasteiger partial charge on any atom is -0.314 e. The fourth-order valence-electron chi connectivity index (χ4n) is 4.38. The third-order valence-corrected chi connectivity index (χ3v) is 5.77. The van der Waals surface area contributed by atoms with Gasteiger partial charge in [-0.1, -0.05) is 62.4 Å². The summed E-state index contributed by atoms with van der Waals surface area (Å²) in [5, 5.41) is 9.07. The Bertz CT molecular complexity index is 878. The summed E-state index contributed by atoms with van der Waals surface area (Å²) in [6.45, 7) is 9.17. The van der Waals surface area contributed by atoms with E-state index in [0.717, 1.165) is 32.1 Å². The Hall–Kier alpha value is -1.90. The van der Waals surface area contributed by atoms with E-state index in [4.69, 9.17) is 0 Å². The molecule has 0 aromatic heterocycles. The molecule has 0 radical (unpaired) electrons. The van der Waals surface area contributed by atoms with Crippen LogP contribution in [0.3, 0.4) is 0 Å². The molecule has 0 unspecified atom stereocenters.